The highest BCUT2D eigenvalue weighted by Gasteiger charge is 2.48. The van der Waals surface area contributed by atoms with Crippen molar-refractivity contribution in [1.29, 1.82) is 0 Å². The minimum Gasteiger partial charge on any atom is -0.493 e. The molecule has 2 aliphatic heterocycles. The molecule has 2 aromatic rings. The predicted octanol–water partition coefficient (Wildman–Crippen LogP) is 5.05. The number of ketones is 1. The molecule has 1 saturated carbocycles. The normalized spacial score (nSPS) is 23.3. The second-order valence-corrected chi connectivity index (χ2v) is 10.7. The molecule has 1 atom stereocenters. The van der Waals surface area contributed by atoms with Crippen LogP contribution in [0.2, 0.25) is 0 Å². The summed E-state index contributed by atoms with van der Waals surface area (Å²) >= 11 is 0. The molecule has 2 aromatic carbocycles. The maximum atomic E-state index is 13.6. The Morgan fingerprint density at radius 1 is 1.03 bits per heavy atom. The summed E-state index contributed by atoms with van der Waals surface area (Å²) in [6, 6.07) is 15.7. The molecule has 1 amide bonds. The lowest BCUT2D eigenvalue weighted by Crippen LogP contribution is -2.54. The van der Waals surface area contributed by atoms with Crippen LogP contribution in [0.25, 0.3) is 0 Å². The molecule has 196 valence electrons. The number of hydrogen-bond donors (Lipinski definition) is 0. The molecule has 0 N–H and O–H groups in total. The van der Waals surface area contributed by atoms with E-state index < -0.39 is 11.0 Å². The maximum Gasteiger partial charge on any atom is 0.269 e. The molecule has 1 unspecified atom stereocenters. The number of carbonyl (C=O) groups is 2. The fourth-order valence-corrected chi connectivity index (χ4v) is 5.97. The number of piperidine rings is 1. The van der Waals surface area contributed by atoms with E-state index in [-0.39, 0.29) is 17.8 Å². The zero-order chi connectivity index (χ0) is 26.0. The molecule has 0 aromatic heterocycles. The molecule has 7 nitrogen and oxygen atoms in total. The van der Waals surface area contributed by atoms with Crippen molar-refractivity contribution in [2.24, 2.45) is 5.16 Å². The first kappa shape index (κ1) is 25.3. The molecule has 37 heavy (non-hydrogen) atoms. The number of hydrogen-bond acceptors (Lipinski definition) is 6. The SMILES string of the molecule is COc1ccc(C2=NOC(C)(C(=O)N3CCC(C(C)=O)(c4ccccc4)CC3)C2)cc1OC1CCCC1. The van der Waals surface area contributed by atoms with E-state index in [9.17, 15) is 9.59 Å². The van der Waals surface area contributed by atoms with E-state index in [1.807, 2.05) is 53.4 Å². The van der Waals surface area contributed by atoms with E-state index in [4.69, 9.17) is 14.3 Å². The lowest BCUT2D eigenvalue weighted by atomic mass is 9.70. The Morgan fingerprint density at radius 3 is 2.38 bits per heavy atom. The average Bonchev–Trinajstić information content (AvgIpc) is 3.59. The van der Waals surface area contributed by atoms with E-state index in [2.05, 4.69) is 5.16 Å². The van der Waals surface area contributed by atoms with Gasteiger partial charge in [0.25, 0.3) is 5.91 Å². The molecule has 3 aliphatic rings. The number of likely N-dealkylation sites (tertiary alicyclic amines) is 1. The second kappa shape index (κ2) is 10.2. The largest absolute Gasteiger partial charge is 0.493 e. The van der Waals surface area contributed by atoms with Crippen LogP contribution >= 0.6 is 0 Å². The van der Waals surface area contributed by atoms with Crippen LogP contribution in [0.15, 0.2) is 53.7 Å². The minimum absolute atomic E-state index is 0.0904. The number of nitrogens with zero attached hydrogens (tertiary/aromatic N) is 2. The standard InChI is InChI=1S/C30H36N2O5/c1-21(33)30(23-9-5-4-6-10-23)15-17-32(18-16-30)28(34)29(2)20-25(31-37-29)22-13-14-26(35-3)27(19-22)36-24-11-7-8-12-24/h4-6,9-10,13-14,19,24H,7-8,11-12,15-18,20H2,1-3H3. The van der Waals surface area contributed by atoms with Crippen molar-refractivity contribution in [2.45, 2.75) is 75.9 Å². The molecule has 5 rings (SSSR count). The molecule has 2 heterocycles. The van der Waals surface area contributed by atoms with E-state index in [1.165, 1.54) is 12.8 Å². The van der Waals surface area contributed by atoms with E-state index >= 15 is 0 Å². The van der Waals surface area contributed by atoms with Gasteiger partial charge in [-0.1, -0.05) is 35.5 Å². The molecular weight excluding hydrogens is 468 g/mol. The molecule has 0 spiro atoms. The number of amides is 1. The lowest BCUT2D eigenvalue weighted by molar-refractivity contribution is -0.155. The van der Waals surface area contributed by atoms with Gasteiger partial charge in [-0.15, -0.1) is 0 Å². The lowest BCUT2D eigenvalue weighted by Gasteiger charge is -2.42. The summed E-state index contributed by atoms with van der Waals surface area (Å²) in [6.07, 6.45) is 6.24. The van der Waals surface area contributed by atoms with Crippen molar-refractivity contribution in [1.82, 2.24) is 4.90 Å². The number of ether oxygens (including phenoxy) is 2. The molecule has 7 heteroatoms. The van der Waals surface area contributed by atoms with Gasteiger partial charge < -0.3 is 19.2 Å². The van der Waals surface area contributed by atoms with E-state index in [0.29, 0.717) is 49.6 Å². The monoisotopic (exact) mass is 504 g/mol. The number of oxime groups is 1. The maximum absolute atomic E-state index is 13.6. The zero-order valence-electron chi connectivity index (χ0n) is 22.0. The predicted molar refractivity (Wildman–Crippen MR) is 141 cm³/mol. The van der Waals surface area contributed by atoms with Gasteiger partial charge in [0, 0.05) is 25.1 Å². The summed E-state index contributed by atoms with van der Waals surface area (Å²) in [5, 5.41) is 4.33. The number of benzene rings is 2. The summed E-state index contributed by atoms with van der Waals surface area (Å²) in [7, 11) is 1.64. The number of Topliss-reactive ketones (excluding diaryl/α,β-unsaturated/α-hetero) is 1. The van der Waals surface area contributed by atoms with Crippen LogP contribution < -0.4 is 9.47 Å². The van der Waals surface area contributed by atoms with Gasteiger partial charge in [-0.2, -0.15) is 0 Å². The average molecular weight is 505 g/mol. The first-order valence-corrected chi connectivity index (χ1v) is 13.3. The molecule has 1 saturated heterocycles. The second-order valence-electron chi connectivity index (χ2n) is 10.7. The minimum atomic E-state index is -1.08. The van der Waals surface area contributed by atoms with Crippen molar-refractivity contribution in [2.75, 3.05) is 20.2 Å². The Kier molecular flexibility index (Phi) is 6.97. The third kappa shape index (κ3) is 4.83. The first-order chi connectivity index (χ1) is 17.8. The zero-order valence-corrected chi connectivity index (χ0v) is 22.0. The van der Waals surface area contributed by atoms with Gasteiger partial charge in [0.1, 0.15) is 5.78 Å². The molecule has 0 radical (unpaired) electrons. The summed E-state index contributed by atoms with van der Waals surface area (Å²) in [6.45, 7) is 4.47. The third-order valence-electron chi connectivity index (χ3n) is 8.31. The van der Waals surface area contributed by atoms with Crippen LogP contribution in [0.1, 0.15) is 69.9 Å². The van der Waals surface area contributed by atoms with Gasteiger partial charge in [0.2, 0.25) is 5.60 Å². The van der Waals surface area contributed by atoms with Gasteiger partial charge in [0.15, 0.2) is 11.5 Å². The van der Waals surface area contributed by atoms with E-state index in [0.717, 1.165) is 24.0 Å². The van der Waals surface area contributed by atoms with Crippen molar-refractivity contribution in [3.63, 3.8) is 0 Å². The Morgan fingerprint density at radius 2 is 1.73 bits per heavy atom. The third-order valence-corrected chi connectivity index (χ3v) is 8.31. The Hall–Kier alpha value is -3.35. The Labute approximate surface area is 218 Å². The molecule has 2 fully saturated rings. The Bertz CT molecular complexity index is 1180. The van der Waals surface area contributed by atoms with Crippen LogP contribution in [-0.4, -0.2) is 54.2 Å². The highest BCUT2D eigenvalue weighted by atomic mass is 16.7. The highest BCUT2D eigenvalue weighted by molar-refractivity contribution is 6.05. The summed E-state index contributed by atoms with van der Waals surface area (Å²) in [4.78, 5) is 34.0. The quantitative estimate of drug-likeness (QED) is 0.527. The van der Waals surface area contributed by atoms with Gasteiger partial charge in [-0.25, -0.2) is 0 Å². The Balaban J connectivity index is 1.27. The van der Waals surface area contributed by atoms with Crippen molar-refractivity contribution in [3.8, 4) is 11.5 Å². The van der Waals surface area contributed by atoms with Crippen LogP contribution in [0.5, 0.6) is 11.5 Å². The smallest absolute Gasteiger partial charge is 0.269 e. The van der Waals surface area contributed by atoms with Crippen LogP contribution in [0, 0.1) is 0 Å². The molecular formula is C30H36N2O5. The topological polar surface area (TPSA) is 77.4 Å². The van der Waals surface area contributed by atoms with Crippen molar-refractivity contribution in [3.05, 3.63) is 59.7 Å². The highest BCUT2D eigenvalue weighted by Crippen LogP contribution is 2.39. The van der Waals surface area contributed by atoms with Crippen molar-refractivity contribution >= 4 is 17.4 Å². The summed E-state index contributed by atoms with van der Waals surface area (Å²) in [5.41, 5.74) is 0.983. The fourth-order valence-electron chi connectivity index (χ4n) is 5.97. The first-order valence-electron chi connectivity index (χ1n) is 13.3. The van der Waals surface area contributed by atoms with Gasteiger partial charge >= 0.3 is 0 Å². The number of methoxy groups -OCH3 is 1. The van der Waals surface area contributed by atoms with Crippen LogP contribution in [0.3, 0.4) is 0 Å². The molecule has 0 bridgehead atoms. The number of carbonyl (C=O) groups excluding carboxylic acids is 2. The fraction of sp³-hybridized carbons (Fsp3) is 0.500. The molecule has 1 aliphatic carbocycles. The summed E-state index contributed by atoms with van der Waals surface area (Å²) in [5.74, 6) is 1.45. The van der Waals surface area contributed by atoms with Crippen molar-refractivity contribution < 1.29 is 23.9 Å². The number of rotatable bonds is 7. The summed E-state index contributed by atoms with van der Waals surface area (Å²) < 4.78 is 11.8. The van der Waals surface area contributed by atoms with Gasteiger partial charge in [0.05, 0.1) is 24.3 Å². The van der Waals surface area contributed by atoms with Gasteiger partial charge in [-0.05, 0) is 76.1 Å². The van der Waals surface area contributed by atoms with E-state index in [1.54, 1.807) is 21.0 Å². The van der Waals surface area contributed by atoms with Crippen LogP contribution in [0.4, 0.5) is 0 Å². The van der Waals surface area contributed by atoms with Gasteiger partial charge in [-0.3, -0.25) is 9.59 Å². The van der Waals surface area contributed by atoms with Crippen LogP contribution in [-0.2, 0) is 19.8 Å².